The average Bonchev–Trinajstić information content (AvgIpc) is 2.48. The quantitative estimate of drug-likeness (QED) is 0.904. The van der Waals surface area contributed by atoms with Crippen LogP contribution in [0.15, 0.2) is 40.9 Å². The van der Waals surface area contributed by atoms with Crippen molar-refractivity contribution in [2.75, 3.05) is 7.11 Å². The molecule has 0 bridgehead atoms. The number of hydrogen-bond donors (Lipinski definition) is 1. The molecule has 0 radical (unpaired) electrons. The van der Waals surface area contributed by atoms with Crippen LogP contribution in [0.2, 0.25) is 0 Å². The summed E-state index contributed by atoms with van der Waals surface area (Å²) in [5, 5.41) is 0. The molecule has 0 aliphatic carbocycles. The van der Waals surface area contributed by atoms with Crippen LogP contribution in [0.1, 0.15) is 11.1 Å². The Bertz CT molecular complexity index is 604. The summed E-state index contributed by atoms with van der Waals surface area (Å²) in [4.78, 5) is 0. The summed E-state index contributed by atoms with van der Waals surface area (Å²) < 4.78 is 24.8. The summed E-state index contributed by atoms with van der Waals surface area (Å²) in [7, 11) is 1.57. The predicted molar refractivity (Wildman–Crippen MR) is 79.3 cm³/mol. The highest BCUT2D eigenvalue weighted by Crippen LogP contribution is 2.30. The van der Waals surface area contributed by atoms with E-state index in [1.54, 1.807) is 25.3 Å². The third-order valence-corrected chi connectivity index (χ3v) is 3.77. The van der Waals surface area contributed by atoms with Gasteiger partial charge in [0.05, 0.1) is 11.6 Å². The highest BCUT2D eigenvalue weighted by atomic mass is 79.9. The zero-order valence-corrected chi connectivity index (χ0v) is 12.6. The molecule has 0 atom stereocenters. The Morgan fingerprint density at radius 3 is 2.70 bits per heavy atom. The smallest absolute Gasteiger partial charge is 0.161 e. The number of ether oxygens (including phenoxy) is 2. The van der Waals surface area contributed by atoms with Crippen molar-refractivity contribution < 1.29 is 13.9 Å². The molecule has 5 heteroatoms. The standard InChI is InChI=1S/C15H15BrFNO2/c1-19-14-7-10(8-18)5-6-13(14)20-9-11-3-2-4-12(17)15(11)16/h2-7H,8-9,18H2,1H3. The van der Waals surface area contributed by atoms with Crippen molar-refractivity contribution in [3.8, 4) is 11.5 Å². The molecule has 0 aliphatic rings. The summed E-state index contributed by atoms with van der Waals surface area (Å²) >= 11 is 3.21. The van der Waals surface area contributed by atoms with E-state index < -0.39 is 0 Å². The first kappa shape index (κ1) is 14.8. The molecular formula is C15H15BrFNO2. The minimum absolute atomic E-state index is 0.247. The SMILES string of the molecule is COc1cc(CN)ccc1OCc1cccc(F)c1Br. The van der Waals surface area contributed by atoms with E-state index in [0.29, 0.717) is 22.5 Å². The van der Waals surface area contributed by atoms with E-state index in [-0.39, 0.29) is 12.4 Å². The minimum atomic E-state index is -0.309. The highest BCUT2D eigenvalue weighted by Gasteiger charge is 2.09. The van der Waals surface area contributed by atoms with Crippen LogP contribution in [0, 0.1) is 5.82 Å². The lowest BCUT2D eigenvalue weighted by Crippen LogP contribution is -2.01. The normalized spacial score (nSPS) is 10.4. The summed E-state index contributed by atoms with van der Waals surface area (Å²) in [5.41, 5.74) is 7.27. The Morgan fingerprint density at radius 1 is 1.20 bits per heavy atom. The molecule has 3 nitrogen and oxygen atoms in total. The number of methoxy groups -OCH3 is 1. The zero-order valence-electron chi connectivity index (χ0n) is 11.0. The first-order valence-corrected chi connectivity index (χ1v) is 6.87. The Labute approximate surface area is 125 Å². The van der Waals surface area contributed by atoms with Gasteiger partial charge in [0.15, 0.2) is 11.5 Å². The van der Waals surface area contributed by atoms with E-state index in [1.165, 1.54) is 6.07 Å². The maximum atomic E-state index is 13.4. The number of benzene rings is 2. The topological polar surface area (TPSA) is 44.5 Å². The van der Waals surface area contributed by atoms with Gasteiger partial charge >= 0.3 is 0 Å². The van der Waals surface area contributed by atoms with E-state index in [1.807, 2.05) is 12.1 Å². The molecule has 0 amide bonds. The molecule has 0 aliphatic heterocycles. The Balaban J connectivity index is 2.16. The fourth-order valence-corrected chi connectivity index (χ4v) is 2.15. The van der Waals surface area contributed by atoms with Crippen molar-refractivity contribution in [3.05, 3.63) is 57.8 Å². The first-order chi connectivity index (χ1) is 9.65. The molecule has 2 aromatic carbocycles. The summed E-state index contributed by atoms with van der Waals surface area (Å²) in [6.45, 7) is 0.683. The molecule has 0 saturated carbocycles. The predicted octanol–water partition coefficient (Wildman–Crippen LogP) is 3.63. The second kappa shape index (κ2) is 6.72. The molecule has 0 saturated heterocycles. The molecular weight excluding hydrogens is 325 g/mol. The Morgan fingerprint density at radius 2 is 2.00 bits per heavy atom. The van der Waals surface area contributed by atoms with E-state index >= 15 is 0 Å². The van der Waals surface area contributed by atoms with E-state index in [0.717, 1.165) is 11.1 Å². The Kier molecular flexibility index (Phi) is 4.98. The maximum Gasteiger partial charge on any atom is 0.161 e. The van der Waals surface area contributed by atoms with Gasteiger partial charge in [-0.25, -0.2) is 4.39 Å². The number of rotatable bonds is 5. The molecule has 0 fully saturated rings. The van der Waals surface area contributed by atoms with Gasteiger partial charge in [0.1, 0.15) is 12.4 Å². The van der Waals surface area contributed by atoms with Crippen molar-refractivity contribution in [3.63, 3.8) is 0 Å². The van der Waals surface area contributed by atoms with E-state index in [2.05, 4.69) is 15.9 Å². The molecule has 20 heavy (non-hydrogen) atoms. The summed E-state index contributed by atoms with van der Waals surface area (Å²) in [5.74, 6) is 0.901. The van der Waals surface area contributed by atoms with Gasteiger partial charge in [0, 0.05) is 12.1 Å². The van der Waals surface area contributed by atoms with Crippen LogP contribution in [0.25, 0.3) is 0 Å². The molecule has 2 aromatic rings. The van der Waals surface area contributed by atoms with Crippen LogP contribution in [0.5, 0.6) is 11.5 Å². The van der Waals surface area contributed by atoms with Crippen molar-refractivity contribution in [1.82, 2.24) is 0 Å². The van der Waals surface area contributed by atoms with Gasteiger partial charge in [-0.05, 0) is 39.7 Å². The van der Waals surface area contributed by atoms with Gasteiger partial charge in [-0.1, -0.05) is 18.2 Å². The van der Waals surface area contributed by atoms with Gasteiger partial charge in [-0.15, -0.1) is 0 Å². The third kappa shape index (κ3) is 3.29. The van der Waals surface area contributed by atoms with Crippen LogP contribution >= 0.6 is 15.9 Å². The van der Waals surface area contributed by atoms with Crippen molar-refractivity contribution >= 4 is 15.9 Å². The van der Waals surface area contributed by atoms with Gasteiger partial charge in [-0.3, -0.25) is 0 Å². The van der Waals surface area contributed by atoms with E-state index in [4.69, 9.17) is 15.2 Å². The monoisotopic (exact) mass is 339 g/mol. The number of hydrogen-bond acceptors (Lipinski definition) is 3. The molecule has 0 aromatic heterocycles. The molecule has 0 unspecified atom stereocenters. The number of nitrogens with two attached hydrogens (primary N) is 1. The molecule has 0 spiro atoms. The third-order valence-electron chi connectivity index (χ3n) is 2.88. The second-order valence-electron chi connectivity index (χ2n) is 4.19. The fourth-order valence-electron chi connectivity index (χ4n) is 1.77. The van der Waals surface area contributed by atoms with Crippen LogP contribution in [-0.2, 0) is 13.2 Å². The van der Waals surface area contributed by atoms with Crippen molar-refractivity contribution in [1.29, 1.82) is 0 Å². The Hall–Kier alpha value is -1.59. The van der Waals surface area contributed by atoms with Gasteiger partial charge < -0.3 is 15.2 Å². The highest BCUT2D eigenvalue weighted by molar-refractivity contribution is 9.10. The molecule has 2 rings (SSSR count). The first-order valence-electron chi connectivity index (χ1n) is 6.08. The molecule has 0 heterocycles. The fraction of sp³-hybridized carbons (Fsp3) is 0.200. The number of halogens is 2. The zero-order chi connectivity index (χ0) is 14.5. The van der Waals surface area contributed by atoms with Crippen LogP contribution in [-0.4, -0.2) is 7.11 Å². The lowest BCUT2D eigenvalue weighted by Gasteiger charge is -2.12. The van der Waals surface area contributed by atoms with Gasteiger partial charge in [0.2, 0.25) is 0 Å². The summed E-state index contributed by atoms with van der Waals surface area (Å²) in [6, 6.07) is 10.3. The lowest BCUT2D eigenvalue weighted by atomic mass is 10.2. The maximum absolute atomic E-state index is 13.4. The minimum Gasteiger partial charge on any atom is -0.493 e. The van der Waals surface area contributed by atoms with Gasteiger partial charge in [0.25, 0.3) is 0 Å². The van der Waals surface area contributed by atoms with Crippen LogP contribution in [0.3, 0.4) is 0 Å². The second-order valence-corrected chi connectivity index (χ2v) is 4.98. The van der Waals surface area contributed by atoms with E-state index in [9.17, 15) is 4.39 Å². The average molecular weight is 340 g/mol. The largest absolute Gasteiger partial charge is 0.493 e. The summed E-state index contributed by atoms with van der Waals surface area (Å²) in [6.07, 6.45) is 0. The molecule has 106 valence electrons. The van der Waals surface area contributed by atoms with Crippen LogP contribution in [0.4, 0.5) is 4.39 Å². The lowest BCUT2D eigenvalue weighted by molar-refractivity contribution is 0.283. The van der Waals surface area contributed by atoms with Crippen molar-refractivity contribution in [2.45, 2.75) is 13.2 Å². The van der Waals surface area contributed by atoms with Crippen molar-refractivity contribution in [2.24, 2.45) is 5.73 Å². The van der Waals surface area contributed by atoms with Crippen LogP contribution < -0.4 is 15.2 Å². The van der Waals surface area contributed by atoms with Gasteiger partial charge in [-0.2, -0.15) is 0 Å². The molecule has 2 N–H and O–H groups in total.